The third-order valence-corrected chi connectivity index (χ3v) is 3.23. The zero-order valence-corrected chi connectivity index (χ0v) is 12.6. The van der Waals surface area contributed by atoms with Crippen LogP contribution in [0.25, 0.3) is 0 Å². The summed E-state index contributed by atoms with van der Waals surface area (Å²) < 4.78 is 5.44. The van der Waals surface area contributed by atoms with Crippen LogP contribution in [0.2, 0.25) is 0 Å². The van der Waals surface area contributed by atoms with E-state index >= 15 is 0 Å². The molecule has 0 saturated heterocycles. The second kappa shape index (κ2) is 6.80. The van der Waals surface area contributed by atoms with Crippen LogP contribution < -0.4 is 11.1 Å². The molecule has 6 nitrogen and oxygen atoms in total. The first-order valence-electron chi connectivity index (χ1n) is 6.88. The zero-order valence-electron chi connectivity index (χ0n) is 12.6. The second-order valence-corrected chi connectivity index (χ2v) is 5.06. The number of carbonyl (C=O) groups excluding carboxylic acids is 2. The number of amides is 2. The van der Waals surface area contributed by atoms with Crippen molar-refractivity contribution in [2.24, 2.45) is 5.73 Å². The van der Waals surface area contributed by atoms with Gasteiger partial charge >= 0.3 is 0 Å². The number of furan rings is 1. The number of nitrogens with zero attached hydrogens (tertiary/aromatic N) is 1. The molecule has 2 rings (SSSR count). The third-order valence-electron chi connectivity index (χ3n) is 3.23. The Kier molecular flexibility index (Phi) is 4.83. The molecule has 0 aliphatic rings. The molecule has 1 aromatic heterocycles. The SMILES string of the molecule is Cc1ccc(CN(C)C(=O)CNc2ccc(C(N)=O)cc2)o1. The van der Waals surface area contributed by atoms with Crippen LogP contribution in [0.3, 0.4) is 0 Å². The first kappa shape index (κ1) is 15.6. The van der Waals surface area contributed by atoms with Gasteiger partial charge in [0.1, 0.15) is 11.5 Å². The minimum absolute atomic E-state index is 0.0620. The Morgan fingerprint density at radius 1 is 1.18 bits per heavy atom. The molecule has 22 heavy (non-hydrogen) atoms. The summed E-state index contributed by atoms with van der Waals surface area (Å²) >= 11 is 0. The van der Waals surface area contributed by atoms with Crippen molar-refractivity contribution in [2.75, 3.05) is 18.9 Å². The summed E-state index contributed by atoms with van der Waals surface area (Å²) in [5.41, 5.74) is 6.35. The first-order chi connectivity index (χ1) is 10.5. The van der Waals surface area contributed by atoms with Gasteiger partial charge in [-0.1, -0.05) is 0 Å². The molecule has 0 unspecified atom stereocenters. The number of hydrogen-bond acceptors (Lipinski definition) is 4. The number of nitrogens with two attached hydrogens (primary N) is 1. The van der Waals surface area contributed by atoms with E-state index in [4.69, 9.17) is 10.2 Å². The minimum atomic E-state index is -0.476. The van der Waals surface area contributed by atoms with Crippen molar-refractivity contribution in [3.63, 3.8) is 0 Å². The van der Waals surface area contributed by atoms with Crippen molar-refractivity contribution in [1.82, 2.24) is 4.90 Å². The minimum Gasteiger partial charge on any atom is -0.464 e. The molecule has 2 amide bonds. The Balaban J connectivity index is 1.85. The average Bonchev–Trinajstić information content (AvgIpc) is 2.90. The summed E-state index contributed by atoms with van der Waals surface area (Å²) in [4.78, 5) is 24.6. The predicted molar refractivity (Wildman–Crippen MR) is 83.4 cm³/mol. The predicted octanol–water partition coefficient (Wildman–Crippen LogP) is 1.76. The lowest BCUT2D eigenvalue weighted by Crippen LogP contribution is -2.31. The van der Waals surface area contributed by atoms with E-state index in [1.165, 1.54) is 0 Å². The monoisotopic (exact) mass is 301 g/mol. The van der Waals surface area contributed by atoms with Gasteiger partial charge in [-0.15, -0.1) is 0 Å². The lowest BCUT2D eigenvalue weighted by molar-refractivity contribution is -0.128. The average molecular weight is 301 g/mol. The molecule has 0 radical (unpaired) electrons. The molecule has 6 heteroatoms. The van der Waals surface area contributed by atoms with E-state index in [9.17, 15) is 9.59 Å². The molecule has 1 aromatic carbocycles. The molecule has 0 spiro atoms. The number of aryl methyl sites for hydroxylation is 1. The van der Waals surface area contributed by atoms with E-state index in [2.05, 4.69) is 5.32 Å². The topological polar surface area (TPSA) is 88.6 Å². The van der Waals surface area contributed by atoms with E-state index in [1.54, 1.807) is 36.2 Å². The molecule has 116 valence electrons. The molecule has 3 N–H and O–H groups in total. The van der Waals surface area contributed by atoms with Gasteiger partial charge in [0, 0.05) is 18.3 Å². The van der Waals surface area contributed by atoms with E-state index in [0.29, 0.717) is 12.1 Å². The summed E-state index contributed by atoms with van der Waals surface area (Å²) in [6, 6.07) is 10.4. The highest BCUT2D eigenvalue weighted by atomic mass is 16.3. The van der Waals surface area contributed by atoms with Gasteiger partial charge in [-0.05, 0) is 43.3 Å². The van der Waals surface area contributed by atoms with E-state index in [1.807, 2.05) is 19.1 Å². The second-order valence-electron chi connectivity index (χ2n) is 5.06. The lowest BCUT2D eigenvalue weighted by atomic mass is 10.2. The lowest BCUT2D eigenvalue weighted by Gasteiger charge is -2.16. The van der Waals surface area contributed by atoms with E-state index < -0.39 is 5.91 Å². The summed E-state index contributed by atoms with van der Waals surface area (Å²) in [6.45, 7) is 2.45. The van der Waals surface area contributed by atoms with Crippen LogP contribution in [0.5, 0.6) is 0 Å². The maximum absolute atomic E-state index is 12.1. The van der Waals surface area contributed by atoms with Gasteiger partial charge in [0.05, 0.1) is 13.1 Å². The summed E-state index contributed by atoms with van der Waals surface area (Å²) in [5.74, 6) is 1.03. The van der Waals surface area contributed by atoms with Gasteiger partial charge < -0.3 is 20.4 Å². The maximum Gasteiger partial charge on any atom is 0.248 e. The molecule has 0 saturated carbocycles. The molecule has 1 heterocycles. The number of benzene rings is 1. The highest BCUT2D eigenvalue weighted by molar-refractivity contribution is 5.93. The normalized spacial score (nSPS) is 10.3. The fraction of sp³-hybridized carbons (Fsp3) is 0.250. The third kappa shape index (κ3) is 4.12. The number of carbonyl (C=O) groups is 2. The van der Waals surface area contributed by atoms with Crippen LogP contribution in [-0.2, 0) is 11.3 Å². The molecule has 0 bridgehead atoms. The highest BCUT2D eigenvalue weighted by Gasteiger charge is 2.11. The standard InChI is InChI=1S/C16H19N3O3/c1-11-3-8-14(22-11)10-19(2)15(20)9-18-13-6-4-12(5-7-13)16(17)21/h3-8,18H,9-10H2,1-2H3,(H2,17,21). The van der Waals surface area contributed by atoms with Crippen LogP contribution in [-0.4, -0.2) is 30.3 Å². The van der Waals surface area contributed by atoms with Gasteiger partial charge in [0.25, 0.3) is 0 Å². The van der Waals surface area contributed by atoms with Crippen LogP contribution in [0.15, 0.2) is 40.8 Å². The Bertz CT molecular complexity index is 662. The molecule has 0 aliphatic heterocycles. The molecular weight excluding hydrogens is 282 g/mol. The van der Waals surface area contributed by atoms with E-state index in [0.717, 1.165) is 17.2 Å². The quantitative estimate of drug-likeness (QED) is 0.851. The fourth-order valence-electron chi connectivity index (χ4n) is 1.96. The Morgan fingerprint density at radius 2 is 1.86 bits per heavy atom. The zero-order chi connectivity index (χ0) is 16.1. The number of likely N-dealkylation sites (N-methyl/N-ethyl adjacent to an activating group) is 1. The fourth-order valence-corrected chi connectivity index (χ4v) is 1.96. The van der Waals surface area contributed by atoms with Crippen LogP contribution in [0.1, 0.15) is 21.9 Å². The summed E-state index contributed by atoms with van der Waals surface area (Å²) in [6.07, 6.45) is 0. The van der Waals surface area contributed by atoms with Crippen molar-refractivity contribution in [1.29, 1.82) is 0 Å². The largest absolute Gasteiger partial charge is 0.464 e. The first-order valence-corrected chi connectivity index (χ1v) is 6.88. The maximum atomic E-state index is 12.1. The molecular formula is C16H19N3O3. The number of primary amides is 1. The van der Waals surface area contributed by atoms with E-state index in [-0.39, 0.29) is 12.5 Å². The highest BCUT2D eigenvalue weighted by Crippen LogP contribution is 2.10. The Hall–Kier alpha value is -2.76. The van der Waals surface area contributed by atoms with Crippen molar-refractivity contribution in [3.8, 4) is 0 Å². The molecule has 0 atom stereocenters. The smallest absolute Gasteiger partial charge is 0.248 e. The van der Waals surface area contributed by atoms with Crippen molar-refractivity contribution >= 4 is 17.5 Å². The van der Waals surface area contributed by atoms with Gasteiger partial charge in [0.15, 0.2) is 0 Å². The number of hydrogen-bond donors (Lipinski definition) is 2. The molecule has 0 aliphatic carbocycles. The van der Waals surface area contributed by atoms with Crippen molar-refractivity contribution < 1.29 is 14.0 Å². The van der Waals surface area contributed by atoms with Gasteiger partial charge in [-0.2, -0.15) is 0 Å². The van der Waals surface area contributed by atoms with Gasteiger partial charge in [-0.25, -0.2) is 0 Å². The Labute approximate surface area is 128 Å². The molecule has 0 fully saturated rings. The van der Waals surface area contributed by atoms with Gasteiger partial charge in [-0.3, -0.25) is 9.59 Å². The van der Waals surface area contributed by atoms with Gasteiger partial charge in [0.2, 0.25) is 11.8 Å². The van der Waals surface area contributed by atoms with Crippen molar-refractivity contribution in [2.45, 2.75) is 13.5 Å². The van der Waals surface area contributed by atoms with Crippen LogP contribution in [0, 0.1) is 6.92 Å². The molecule has 2 aromatic rings. The van der Waals surface area contributed by atoms with Crippen LogP contribution in [0.4, 0.5) is 5.69 Å². The van der Waals surface area contributed by atoms with Crippen LogP contribution >= 0.6 is 0 Å². The number of anilines is 1. The summed E-state index contributed by atoms with van der Waals surface area (Å²) in [7, 11) is 1.72. The van der Waals surface area contributed by atoms with Crippen molar-refractivity contribution in [3.05, 3.63) is 53.5 Å². The number of nitrogens with one attached hydrogen (secondary N) is 1. The Morgan fingerprint density at radius 3 is 2.41 bits per heavy atom. The summed E-state index contributed by atoms with van der Waals surface area (Å²) in [5, 5.41) is 3.01. The number of rotatable bonds is 6.